The summed E-state index contributed by atoms with van der Waals surface area (Å²) >= 11 is 0. The van der Waals surface area contributed by atoms with E-state index in [1.807, 2.05) is 29.7 Å². The summed E-state index contributed by atoms with van der Waals surface area (Å²) in [5, 5.41) is -0.314. The highest BCUT2D eigenvalue weighted by molar-refractivity contribution is 7.92. The highest BCUT2D eigenvalue weighted by Crippen LogP contribution is 2.21. The van der Waals surface area contributed by atoms with E-state index in [0.717, 1.165) is 11.3 Å². The Labute approximate surface area is 125 Å². The van der Waals surface area contributed by atoms with E-state index in [1.54, 1.807) is 6.92 Å². The molecule has 0 saturated carbocycles. The molecule has 0 bridgehead atoms. The van der Waals surface area contributed by atoms with Gasteiger partial charge in [0.1, 0.15) is 5.65 Å². The third kappa shape index (κ3) is 2.70. The van der Waals surface area contributed by atoms with Gasteiger partial charge in [0.25, 0.3) is 0 Å². The highest BCUT2D eigenvalue weighted by atomic mass is 32.2. The number of nitrogens with zero attached hydrogens (tertiary/aromatic N) is 3. The molecule has 0 aliphatic carbocycles. The Bertz CT molecular complexity index is 766. The normalized spacial score (nSPS) is 26.2. The van der Waals surface area contributed by atoms with Crippen molar-refractivity contribution in [3.8, 4) is 0 Å². The first-order valence-electron chi connectivity index (χ1n) is 7.27. The van der Waals surface area contributed by atoms with Gasteiger partial charge in [0.05, 0.1) is 16.7 Å². The van der Waals surface area contributed by atoms with E-state index in [4.69, 9.17) is 0 Å². The van der Waals surface area contributed by atoms with Crippen molar-refractivity contribution in [2.75, 3.05) is 12.3 Å². The van der Waals surface area contributed by atoms with Crippen LogP contribution in [-0.4, -0.2) is 46.3 Å². The molecule has 2 atom stereocenters. The molecule has 0 unspecified atom stereocenters. The van der Waals surface area contributed by atoms with Crippen molar-refractivity contribution >= 4 is 15.5 Å². The Balaban J connectivity index is 1.82. The highest BCUT2D eigenvalue weighted by Gasteiger charge is 2.35. The number of aromatic nitrogens is 2. The minimum Gasteiger partial charge on any atom is -0.307 e. The molecule has 0 radical (unpaired) electrons. The number of fused-ring (bicyclic) bond motifs is 1. The van der Waals surface area contributed by atoms with Crippen LogP contribution in [0.2, 0.25) is 0 Å². The number of hydrogen-bond donors (Lipinski definition) is 0. The molecule has 6 heteroatoms. The molecular formula is C15H21N3O2S. The zero-order chi connectivity index (χ0) is 15.2. The van der Waals surface area contributed by atoms with E-state index in [-0.39, 0.29) is 17.0 Å². The third-order valence-electron chi connectivity index (χ3n) is 4.50. The first-order valence-corrected chi connectivity index (χ1v) is 8.98. The molecule has 2 aromatic rings. The van der Waals surface area contributed by atoms with Crippen LogP contribution in [0.5, 0.6) is 0 Å². The molecular weight excluding hydrogens is 286 g/mol. The van der Waals surface area contributed by atoms with Gasteiger partial charge in [-0.2, -0.15) is 0 Å². The first kappa shape index (κ1) is 14.5. The fraction of sp³-hybridized carbons (Fsp3) is 0.533. The summed E-state index contributed by atoms with van der Waals surface area (Å²) in [7, 11) is -2.93. The van der Waals surface area contributed by atoms with Crippen molar-refractivity contribution in [1.82, 2.24) is 14.3 Å². The van der Waals surface area contributed by atoms with Crippen LogP contribution in [0.1, 0.15) is 25.1 Å². The van der Waals surface area contributed by atoms with Gasteiger partial charge in [0.15, 0.2) is 9.84 Å². The van der Waals surface area contributed by atoms with Crippen LogP contribution in [0.15, 0.2) is 24.5 Å². The molecule has 21 heavy (non-hydrogen) atoms. The number of pyridine rings is 1. The quantitative estimate of drug-likeness (QED) is 0.846. The predicted octanol–water partition coefficient (Wildman–Crippen LogP) is 1.65. The molecule has 1 aliphatic heterocycles. The van der Waals surface area contributed by atoms with E-state index >= 15 is 0 Å². The second-order valence-electron chi connectivity index (χ2n) is 5.99. The van der Waals surface area contributed by atoms with Crippen LogP contribution in [0.25, 0.3) is 5.65 Å². The average molecular weight is 307 g/mol. The molecule has 3 rings (SSSR count). The van der Waals surface area contributed by atoms with Gasteiger partial charge in [0.2, 0.25) is 0 Å². The van der Waals surface area contributed by atoms with Gasteiger partial charge in [0, 0.05) is 31.5 Å². The topological polar surface area (TPSA) is 54.7 Å². The molecule has 1 saturated heterocycles. The molecule has 1 aliphatic rings. The Hall–Kier alpha value is -1.40. The lowest BCUT2D eigenvalue weighted by Crippen LogP contribution is -2.51. The van der Waals surface area contributed by atoms with E-state index in [0.29, 0.717) is 13.1 Å². The van der Waals surface area contributed by atoms with Crippen molar-refractivity contribution < 1.29 is 8.42 Å². The van der Waals surface area contributed by atoms with Crippen LogP contribution in [-0.2, 0) is 16.4 Å². The second kappa shape index (κ2) is 5.10. The monoisotopic (exact) mass is 307 g/mol. The maximum absolute atomic E-state index is 11.9. The molecule has 114 valence electrons. The molecule has 5 nitrogen and oxygen atoms in total. The summed E-state index contributed by atoms with van der Waals surface area (Å²) in [6.45, 7) is 7.13. The first-order chi connectivity index (χ1) is 9.87. The van der Waals surface area contributed by atoms with Crippen LogP contribution in [0, 0.1) is 6.92 Å². The average Bonchev–Trinajstić information content (AvgIpc) is 2.81. The van der Waals surface area contributed by atoms with Gasteiger partial charge in [-0.25, -0.2) is 13.4 Å². The van der Waals surface area contributed by atoms with Crippen LogP contribution in [0.3, 0.4) is 0 Å². The lowest BCUT2D eigenvalue weighted by Gasteiger charge is -2.37. The number of imidazole rings is 1. The lowest BCUT2D eigenvalue weighted by molar-refractivity contribution is 0.195. The Morgan fingerprint density at radius 2 is 2.05 bits per heavy atom. The Kier molecular flexibility index (Phi) is 3.53. The summed E-state index contributed by atoms with van der Waals surface area (Å²) in [6, 6.07) is 4.07. The van der Waals surface area contributed by atoms with E-state index in [2.05, 4.69) is 23.0 Å². The fourth-order valence-electron chi connectivity index (χ4n) is 2.89. The molecule has 0 aromatic carbocycles. The maximum atomic E-state index is 11.9. The Morgan fingerprint density at radius 1 is 1.29 bits per heavy atom. The van der Waals surface area contributed by atoms with E-state index < -0.39 is 9.84 Å². The van der Waals surface area contributed by atoms with Gasteiger partial charge in [-0.15, -0.1) is 0 Å². The van der Waals surface area contributed by atoms with Crippen molar-refractivity contribution in [1.29, 1.82) is 0 Å². The smallest absolute Gasteiger partial charge is 0.155 e. The van der Waals surface area contributed by atoms with Crippen molar-refractivity contribution in [2.45, 2.75) is 38.6 Å². The van der Waals surface area contributed by atoms with Crippen LogP contribution < -0.4 is 0 Å². The molecule has 2 aromatic heterocycles. The zero-order valence-electron chi connectivity index (χ0n) is 12.7. The van der Waals surface area contributed by atoms with Gasteiger partial charge in [-0.05, 0) is 32.4 Å². The molecule has 0 amide bonds. The van der Waals surface area contributed by atoms with E-state index in [9.17, 15) is 8.42 Å². The molecule has 3 heterocycles. The largest absolute Gasteiger partial charge is 0.307 e. The lowest BCUT2D eigenvalue weighted by atomic mass is 10.2. The van der Waals surface area contributed by atoms with Crippen LogP contribution >= 0.6 is 0 Å². The number of aryl methyl sites for hydroxylation is 1. The van der Waals surface area contributed by atoms with Gasteiger partial charge < -0.3 is 4.40 Å². The predicted molar refractivity (Wildman–Crippen MR) is 83.0 cm³/mol. The molecule has 0 spiro atoms. The van der Waals surface area contributed by atoms with Gasteiger partial charge in [-0.1, -0.05) is 6.07 Å². The summed E-state index contributed by atoms with van der Waals surface area (Å²) in [6.07, 6.45) is 4.08. The number of rotatable bonds is 2. The zero-order valence-corrected chi connectivity index (χ0v) is 13.5. The van der Waals surface area contributed by atoms with Crippen molar-refractivity contribution in [2.24, 2.45) is 0 Å². The summed E-state index contributed by atoms with van der Waals surface area (Å²) < 4.78 is 25.9. The summed E-state index contributed by atoms with van der Waals surface area (Å²) in [4.78, 5) is 6.82. The van der Waals surface area contributed by atoms with Gasteiger partial charge >= 0.3 is 0 Å². The van der Waals surface area contributed by atoms with E-state index in [1.165, 1.54) is 5.56 Å². The van der Waals surface area contributed by atoms with Crippen molar-refractivity contribution in [3.63, 3.8) is 0 Å². The second-order valence-corrected chi connectivity index (χ2v) is 8.46. The molecule has 1 fully saturated rings. The standard InChI is InChI=1S/C15H21N3O2S/c1-11-4-5-15-16-14(10-18(15)8-11)9-17-6-7-21(19,20)13(3)12(17)2/h4-5,8,10,12-13H,6-7,9H2,1-3H3/t12-,13+/m1/s1. The number of hydrogen-bond acceptors (Lipinski definition) is 4. The maximum Gasteiger partial charge on any atom is 0.155 e. The summed E-state index contributed by atoms with van der Waals surface area (Å²) in [5.41, 5.74) is 3.11. The molecule has 0 N–H and O–H groups in total. The summed E-state index contributed by atoms with van der Waals surface area (Å²) in [5.74, 6) is 0.241. The fourth-order valence-corrected chi connectivity index (χ4v) is 4.53. The minimum atomic E-state index is -2.93. The van der Waals surface area contributed by atoms with Gasteiger partial charge in [-0.3, -0.25) is 4.90 Å². The van der Waals surface area contributed by atoms with Crippen LogP contribution in [0.4, 0.5) is 0 Å². The Morgan fingerprint density at radius 3 is 2.81 bits per heavy atom. The van der Waals surface area contributed by atoms with Crippen molar-refractivity contribution in [3.05, 3.63) is 35.8 Å². The SMILES string of the molecule is Cc1ccc2nc(CN3CCS(=O)(=O)[C@@H](C)[C@H]3C)cn2c1. The number of sulfone groups is 1. The minimum absolute atomic E-state index is 0.0234. The third-order valence-corrected chi connectivity index (χ3v) is 6.78.